The molecule has 2 aromatic rings. The summed E-state index contributed by atoms with van der Waals surface area (Å²) in [6.45, 7) is -0.325. The van der Waals surface area contributed by atoms with Crippen LogP contribution in [0, 0.1) is 0 Å². The maximum atomic E-state index is 8.70. The van der Waals surface area contributed by atoms with Crippen LogP contribution >= 0.6 is 0 Å². The van der Waals surface area contributed by atoms with Crippen molar-refractivity contribution in [3.63, 3.8) is 0 Å². The number of hydrogen-bond acceptors (Lipinski definition) is 3. The number of benzene rings is 1. The van der Waals surface area contributed by atoms with E-state index in [9.17, 15) is 0 Å². The summed E-state index contributed by atoms with van der Waals surface area (Å²) in [5.74, 6) is 0.649. The van der Waals surface area contributed by atoms with Gasteiger partial charge < -0.3 is 14.3 Å². The molecule has 0 spiro atoms. The van der Waals surface area contributed by atoms with E-state index in [4.69, 9.17) is 14.3 Å². The third-order valence-electron chi connectivity index (χ3n) is 1.94. The van der Waals surface area contributed by atoms with E-state index in [1.807, 2.05) is 24.3 Å². The summed E-state index contributed by atoms with van der Waals surface area (Å²) in [7, 11) is 0. The lowest BCUT2D eigenvalue weighted by Gasteiger charge is -2.06. The zero-order valence-corrected chi connectivity index (χ0v) is 7.51. The van der Waals surface area contributed by atoms with Gasteiger partial charge in [0.05, 0.1) is 12.5 Å². The van der Waals surface area contributed by atoms with Gasteiger partial charge in [0.2, 0.25) is 0 Å². The molecule has 0 saturated carbocycles. The Morgan fingerprint density at radius 2 is 2.07 bits per heavy atom. The summed E-state index contributed by atoms with van der Waals surface area (Å²) < 4.78 is 10.1. The zero-order valence-electron chi connectivity index (χ0n) is 7.51. The van der Waals surface area contributed by atoms with E-state index < -0.39 is 0 Å². The molecule has 0 unspecified atom stereocenters. The van der Waals surface area contributed by atoms with Gasteiger partial charge in [0, 0.05) is 11.1 Å². The molecule has 1 aromatic carbocycles. The van der Waals surface area contributed by atoms with Gasteiger partial charge in [0.25, 0.3) is 0 Å². The monoisotopic (exact) mass is 190 g/mol. The Bertz CT molecular complexity index is 393. The minimum Gasteiger partial charge on any atom is -0.472 e. The van der Waals surface area contributed by atoms with Crippen molar-refractivity contribution in [1.29, 1.82) is 0 Å². The Morgan fingerprint density at radius 1 is 1.21 bits per heavy atom. The summed E-state index contributed by atoms with van der Waals surface area (Å²) >= 11 is 0. The lowest BCUT2D eigenvalue weighted by molar-refractivity contribution is 0.0991. The number of rotatable bonds is 3. The fourth-order valence-electron chi connectivity index (χ4n) is 1.32. The van der Waals surface area contributed by atoms with Gasteiger partial charge >= 0.3 is 0 Å². The highest BCUT2D eigenvalue weighted by molar-refractivity contribution is 5.69. The van der Waals surface area contributed by atoms with Crippen LogP contribution in [0.5, 0.6) is 5.75 Å². The first-order valence-electron chi connectivity index (χ1n) is 4.27. The van der Waals surface area contributed by atoms with Crippen LogP contribution in [0.2, 0.25) is 0 Å². The molecular weight excluding hydrogens is 180 g/mol. The van der Waals surface area contributed by atoms with Gasteiger partial charge in [-0.05, 0) is 12.1 Å². The number of aliphatic hydroxyl groups is 1. The summed E-state index contributed by atoms with van der Waals surface area (Å²) in [5.41, 5.74) is 1.85. The van der Waals surface area contributed by atoms with Crippen molar-refractivity contribution in [2.24, 2.45) is 0 Å². The van der Waals surface area contributed by atoms with E-state index >= 15 is 0 Å². The largest absolute Gasteiger partial charge is 0.472 e. The highest BCUT2D eigenvalue weighted by Gasteiger charge is 2.05. The average Bonchev–Trinajstić information content (AvgIpc) is 2.72. The van der Waals surface area contributed by atoms with Crippen molar-refractivity contribution < 1.29 is 14.3 Å². The Balaban J connectivity index is 2.42. The second-order valence-corrected chi connectivity index (χ2v) is 2.78. The van der Waals surface area contributed by atoms with Crippen molar-refractivity contribution in [2.45, 2.75) is 0 Å². The van der Waals surface area contributed by atoms with Crippen LogP contribution in [0.4, 0.5) is 0 Å². The first kappa shape index (κ1) is 8.84. The zero-order chi connectivity index (χ0) is 9.80. The molecule has 0 saturated heterocycles. The van der Waals surface area contributed by atoms with E-state index in [0.717, 1.165) is 11.1 Å². The molecule has 1 heterocycles. The smallest absolute Gasteiger partial charge is 0.186 e. The first-order chi connectivity index (χ1) is 6.92. The van der Waals surface area contributed by atoms with E-state index in [-0.39, 0.29) is 6.79 Å². The minimum atomic E-state index is -0.325. The second-order valence-electron chi connectivity index (χ2n) is 2.78. The minimum absolute atomic E-state index is 0.325. The number of ether oxygens (including phenoxy) is 1. The topological polar surface area (TPSA) is 42.6 Å². The molecule has 3 nitrogen and oxygen atoms in total. The lowest BCUT2D eigenvalue weighted by Crippen LogP contribution is -1.95. The van der Waals surface area contributed by atoms with E-state index in [2.05, 4.69) is 0 Å². The average molecular weight is 190 g/mol. The molecule has 14 heavy (non-hydrogen) atoms. The standard InChI is InChI=1S/C11H10O3/c12-8-14-11-4-2-1-3-10(11)9-5-6-13-7-9/h1-7,12H,8H2. The first-order valence-corrected chi connectivity index (χ1v) is 4.27. The van der Waals surface area contributed by atoms with Gasteiger partial charge in [-0.15, -0.1) is 0 Å². The van der Waals surface area contributed by atoms with Gasteiger partial charge in [-0.3, -0.25) is 0 Å². The van der Waals surface area contributed by atoms with Crippen LogP contribution in [0.1, 0.15) is 0 Å². The molecule has 0 aliphatic rings. The van der Waals surface area contributed by atoms with Gasteiger partial charge in [-0.2, -0.15) is 0 Å². The molecular formula is C11H10O3. The lowest BCUT2D eigenvalue weighted by atomic mass is 10.1. The number of aliphatic hydroxyl groups excluding tert-OH is 1. The van der Waals surface area contributed by atoms with E-state index in [1.165, 1.54) is 0 Å². The van der Waals surface area contributed by atoms with Crippen molar-refractivity contribution in [2.75, 3.05) is 6.79 Å². The maximum absolute atomic E-state index is 8.70. The van der Waals surface area contributed by atoms with Gasteiger partial charge in [0.1, 0.15) is 5.75 Å². The third-order valence-corrected chi connectivity index (χ3v) is 1.94. The molecule has 0 bridgehead atoms. The highest BCUT2D eigenvalue weighted by Crippen LogP contribution is 2.29. The van der Waals surface area contributed by atoms with Crippen LogP contribution < -0.4 is 4.74 Å². The van der Waals surface area contributed by atoms with Crippen LogP contribution in [-0.2, 0) is 0 Å². The van der Waals surface area contributed by atoms with Gasteiger partial charge in [-0.1, -0.05) is 18.2 Å². The van der Waals surface area contributed by atoms with Gasteiger partial charge in [0.15, 0.2) is 6.79 Å². The molecule has 0 atom stereocenters. The van der Waals surface area contributed by atoms with Crippen LogP contribution in [-0.4, -0.2) is 11.9 Å². The van der Waals surface area contributed by atoms with E-state index in [0.29, 0.717) is 5.75 Å². The molecule has 0 aliphatic heterocycles. The molecule has 0 aliphatic carbocycles. The van der Waals surface area contributed by atoms with Crippen molar-refractivity contribution >= 4 is 0 Å². The molecule has 0 amide bonds. The third kappa shape index (κ3) is 1.63. The quantitative estimate of drug-likeness (QED) is 0.755. The molecule has 72 valence electrons. The SMILES string of the molecule is OCOc1ccccc1-c1ccoc1. The van der Waals surface area contributed by atoms with Crippen LogP contribution in [0.15, 0.2) is 47.3 Å². The van der Waals surface area contributed by atoms with Crippen LogP contribution in [0.3, 0.4) is 0 Å². The van der Waals surface area contributed by atoms with E-state index in [1.54, 1.807) is 18.6 Å². The maximum Gasteiger partial charge on any atom is 0.186 e. The molecule has 3 heteroatoms. The molecule has 1 N–H and O–H groups in total. The molecule has 0 fully saturated rings. The Hall–Kier alpha value is -1.74. The Labute approximate surface area is 81.6 Å². The predicted molar refractivity (Wildman–Crippen MR) is 51.9 cm³/mol. The fourth-order valence-corrected chi connectivity index (χ4v) is 1.32. The number of furan rings is 1. The highest BCUT2D eigenvalue weighted by atomic mass is 16.6. The van der Waals surface area contributed by atoms with Crippen molar-refractivity contribution in [3.8, 4) is 16.9 Å². The normalized spacial score (nSPS) is 10.1. The summed E-state index contributed by atoms with van der Waals surface area (Å²) in [6.07, 6.45) is 3.24. The molecule has 1 aromatic heterocycles. The fraction of sp³-hybridized carbons (Fsp3) is 0.0909. The number of hydrogen-bond donors (Lipinski definition) is 1. The summed E-state index contributed by atoms with van der Waals surface area (Å²) in [6, 6.07) is 9.33. The van der Waals surface area contributed by atoms with Crippen molar-refractivity contribution in [1.82, 2.24) is 0 Å². The molecule has 0 radical (unpaired) electrons. The van der Waals surface area contributed by atoms with Gasteiger partial charge in [-0.25, -0.2) is 0 Å². The summed E-state index contributed by atoms with van der Waals surface area (Å²) in [5, 5.41) is 8.70. The second kappa shape index (κ2) is 3.98. The molecule has 2 rings (SSSR count). The Morgan fingerprint density at radius 3 is 2.79 bits per heavy atom. The van der Waals surface area contributed by atoms with Crippen molar-refractivity contribution in [3.05, 3.63) is 42.9 Å². The predicted octanol–water partition coefficient (Wildman–Crippen LogP) is 2.28. The van der Waals surface area contributed by atoms with Crippen LogP contribution in [0.25, 0.3) is 11.1 Å². The number of para-hydroxylation sites is 1. The Kier molecular flexibility index (Phi) is 2.51. The summed E-state index contributed by atoms with van der Waals surface area (Å²) in [4.78, 5) is 0.